The van der Waals surface area contributed by atoms with E-state index in [2.05, 4.69) is 44.7 Å². The molecule has 0 amide bonds. The predicted octanol–water partition coefficient (Wildman–Crippen LogP) is 4.60. The largest absolute Gasteiger partial charge is 0.464 e. The zero-order valence-corrected chi connectivity index (χ0v) is 14.3. The molecular weight excluding hydrogens is 358 g/mol. The van der Waals surface area contributed by atoms with Gasteiger partial charge in [0, 0.05) is 4.47 Å². The van der Waals surface area contributed by atoms with E-state index < -0.39 is 0 Å². The Morgan fingerprint density at radius 1 is 1.19 bits per heavy atom. The molecule has 0 aliphatic heterocycles. The second-order valence-corrected chi connectivity index (χ2v) is 5.80. The van der Waals surface area contributed by atoms with Gasteiger partial charge in [0.1, 0.15) is 5.75 Å². The van der Waals surface area contributed by atoms with Gasteiger partial charge in [0.2, 0.25) is 5.28 Å². The van der Waals surface area contributed by atoms with Crippen LogP contribution < -0.4 is 9.47 Å². The highest BCUT2D eigenvalue weighted by molar-refractivity contribution is 9.10. The van der Waals surface area contributed by atoms with Crippen molar-refractivity contribution in [1.82, 2.24) is 15.0 Å². The standard InChI is InChI=1S/C14H15BrClN3O2/c1-4-20-13-17-12(16)18-14(19-13)21-11-6-5-9(15)7-10(11)8(2)3/h5-8H,4H2,1-3H3. The lowest BCUT2D eigenvalue weighted by Gasteiger charge is -2.13. The fourth-order valence-corrected chi connectivity index (χ4v) is 2.24. The number of hydrogen-bond donors (Lipinski definition) is 0. The highest BCUT2D eigenvalue weighted by Crippen LogP contribution is 2.32. The maximum absolute atomic E-state index is 5.85. The van der Waals surface area contributed by atoms with E-state index in [1.54, 1.807) is 0 Å². The monoisotopic (exact) mass is 371 g/mol. The van der Waals surface area contributed by atoms with Crippen LogP contribution in [0, 0.1) is 0 Å². The van der Waals surface area contributed by atoms with Crippen molar-refractivity contribution in [3.63, 3.8) is 0 Å². The van der Waals surface area contributed by atoms with Crippen LogP contribution in [0.5, 0.6) is 17.8 Å². The van der Waals surface area contributed by atoms with Crippen LogP contribution in [0.25, 0.3) is 0 Å². The molecule has 0 saturated heterocycles. The van der Waals surface area contributed by atoms with Crippen LogP contribution in [0.2, 0.25) is 5.28 Å². The second-order valence-electron chi connectivity index (χ2n) is 4.54. The zero-order valence-electron chi connectivity index (χ0n) is 11.9. The average molecular weight is 373 g/mol. The molecule has 21 heavy (non-hydrogen) atoms. The van der Waals surface area contributed by atoms with E-state index in [1.807, 2.05) is 25.1 Å². The van der Waals surface area contributed by atoms with Gasteiger partial charge in [-0.1, -0.05) is 29.8 Å². The summed E-state index contributed by atoms with van der Waals surface area (Å²) in [4.78, 5) is 11.9. The highest BCUT2D eigenvalue weighted by atomic mass is 79.9. The lowest BCUT2D eigenvalue weighted by atomic mass is 10.0. The quantitative estimate of drug-likeness (QED) is 0.767. The van der Waals surface area contributed by atoms with Gasteiger partial charge in [0.25, 0.3) is 0 Å². The first-order valence-electron chi connectivity index (χ1n) is 6.51. The van der Waals surface area contributed by atoms with E-state index in [9.17, 15) is 0 Å². The first-order valence-corrected chi connectivity index (χ1v) is 7.68. The van der Waals surface area contributed by atoms with Crippen molar-refractivity contribution in [2.45, 2.75) is 26.7 Å². The van der Waals surface area contributed by atoms with E-state index in [-0.39, 0.29) is 17.3 Å². The fourth-order valence-electron chi connectivity index (χ4n) is 1.72. The topological polar surface area (TPSA) is 57.1 Å². The van der Waals surface area contributed by atoms with Crippen molar-refractivity contribution in [2.75, 3.05) is 6.61 Å². The van der Waals surface area contributed by atoms with Gasteiger partial charge in [-0.05, 0) is 48.2 Å². The summed E-state index contributed by atoms with van der Waals surface area (Å²) in [6.45, 7) is 6.44. The van der Waals surface area contributed by atoms with Gasteiger partial charge >= 0.3 is 12.0 Å². The lowest BCUT2D eigenvalue weighted by molar-refractivity contribution is 0.302. The smallest absolute Gasteiger partial charge is 0.329 e. The van der Waals surface area contributed by atoms with Crippen molar-refractivity contribution in [3.05, 3.63) is 33.5 Å². The molecule has 5 nitrogen and oxygen atoms in total. The third-order valence-corrected chi connectivity index (χ3v) is 3.30. The van der Waals surface area contributed by atoms with Crippen molar-refractivity contribution < 1.29 is 9.47 Å². The molecule has 2 rings (SSSR count). The van der Waals surface area contributed by atoms with E-state index in [0.29, 0.717) is 18.3 Å². The number of rotatable bonds is 5. The summed E-state index contributed by atoms with van der Waals surface area (Å²) in [6, 6.07) is 6.02. The summed E-state index contributed by atoms with van der Waals surface area (Å²) in [7, 11) is 0. The molecule has 0 aliphatic rings. The molecule has 0 spiro atoms. The molecule has 0 N–H and O–H groups in total. The fraction of sp³-hybridized carbons (Fsp3) is 0.357. The molecule has 0 saturated carbocycles. The summed E-state index contributed by atoms with van der Waals surface area (Å²) < 4.78 is 12.0. The molecule has 0 fully saturated rings. The summed E-state index contributed by atoms with van der Waals surface area (Å²) in [5.41, 5.74) is 1.04. The van der Waals surface area contributed by atoms with Crippen LogP contribution in [-0.2, 0) is 0 Å². The Morgan fingerprint density at radius 2 is 1.90 bits per heavy atom. The number of nitrogens with zero attached hydrogens (tertiary/aromatic N) is 3. The summed E-state index contributed by atoms with van der Waals surface area (Å²) in [5.74, 6) is 0.971. The van der Waals surface area contributed by atoms with Crippen LogP contribution in [0.3, 0.4) is 0 Å². The van der Waals surface area contributed by atoms with Crippen LogP contribution in [0.4, 0.5) is 0 Å². The van der Waals surface area contributed by atoms with Gasteiger partial charge < -0.3 is 9.47 Å². The van der Waals surface area contributed by atoms with Gasteiger partial charge in [-0.2, -0.15) is 9.97 Å². The lowest BCUT2D eigenvalue weighted by Crippen LogP contribution is -2.02. The molecule has 1 aromatic heterocycles. The number of hydrogen-bond acceptors (Lipinski definition) is 5. The van der Waals surface area contributed by atoms with Crippen molar-refractivity contribution >= 4 is 27.5 Å². The summed E-state index contributed by atoms with van der Waals surface area (Å²) in [5, 5.41) is 0.0339. The van der Waals surface area contributed by atoms with Crippen molar-refractivity contribution in [2.24, 2.45) is 0 Å². The summed E-state index contributed by atoms with van der Waals surface area (Å²) >= 11 is 9.31. The third-order valence-electron chi connectivity index (χ3n) is 2.64. The summed E-state index contributed by atoms with van der Waals surface area (Å²) in [6.07, 6.45) is 0. The molecule has 0 radical (unpaired) electrons. The second kappa shape index (κ2) is 7.04. The normalized spacial score (nSPS) is 10.8. The van der Waals surface area contributed by atoms with Gasteiger partial charge in [-0.25, -0.2) is 0 Å². The molecule has 0 aliphatic carbocycles. The molecule has 0 atom stereocenters. The number of benzene rings is 1. The molecular formula is C14H15BrClN3O2. The Bertz CT molecular complexity index is 638. The van der Waals surface area contributed by atoms with Crippen molar-refractivity contribution in [3.8, 4) is 17.8 Å². The number of halogens is 2. The minimum Gasteiger partial charge on any atom is -0.464 e. The Kier molecular flexibility index (Phi) is 5.36. The number of aromatic nitrogens is 3. The van der Waals surface area contributed by atoms with E-state index in [1.165, 1.54) is 0 Å². The van der Waals surface area contributed by atoms with Crippen LogP contribution in [0.1, 0.15) is 32.3 Å². The van der Waals surface area contributed by atoms with Gasteiger partial charge in [-0.15, -0.1) is 4.98 Å². The molecule has 0 bridgehead atoms. The van der Waals surface area contributed by atoms with Crippen molar-refractivity contribution in [1.29, 1.82) is 0 Å². The number of ether oxygens (including phenoxy) is 2. The van der Waals surface area contributed by atoms with E-state index in [0.717, 1.165) is 10.0 Å². The maximum Gasteiger partial charge on any atom is 0.329 e. The SMILES string of the molecule is CCOc1nc(Cl)nc(Oc2ccc(Br)cc2C(C)C)n1. The van der Waals surface area contributed by atoms with Crippen LogP contribution in [0.15, 0.2) is 22.7 Å². The molecule has 1 aromatic carbocycles. The van der Waals surface area contributed by atoms with Crippen LogP contribution >= 0.6 is 27.5 Å². The molecule has 112 valence electrons. The zero-order chi connectivity index (χ0) is 15.4. The highest BCUT2D eigenvalue weighted by Gasteiger charge is 2.13. The predicted molar refractivity (Wildman–Crippen MR) is 84.3 cm³/mol. The molecule has 1 heterocycles. The van der Waals surface area contributed by atoms with Gasteiger partial charge in [-0.3, -0.25) is 0 Å². The first kappa shape index (κ1) is 16.0. The first-order chi connectivity index (χ1) is 9.99. The molecule has 0 unspecified atom stereocenters. The van der Waals surface area contributed by atoms with Crippen LogP contribution in [-0.4, -0.2) is 21.6 Å². The molecule has 2 aromatic rings. The Balaban J connectivity index is 2.33. The minimum absolute atomic E-state index is 0.0339. The molecule has 7 heteroatoms. The Labute approximate surface area is 136 Å². The Hall–Kier alpha value is -1.40. The Morgan fingerprint density at radius 3 is 2.57 bits per heavy atom. The van der Waals surface area contributed by atoms with E-state index in [4.69, 9.17) is 21.1 Å². The van der Waals surface area contributed by atoms with Gasteiger partial charge in [0.05, 0.1) is 6.61 Å². The maximum atomic E-state index is 5.85. The minimum atomic E-state index is 0.0339. The average Bonchev–Trinajstić information content (AvgIpc) is 2.40. The third kappa shape index (κ3) is 4.28. The van der Waals surface area contributed by atoms with E-state index >= 15 is 0 Å². The van der Waals surface area contributed by atoms with Gasteiger partial charge in [0.15, 0.2) is 0 Å².